The number of aromatic nitrogens is 1. The molecule has 3 aromatic rings. The van der Waals surface area contributed by atoms with Gasteiger partial charge in [-0.25, -0.2) is 4.98 Å². The first-order valence-corrected chi connectivity index (χ1v) is 8.17. The van der Waals surface area contributed by atoms with E-state index in [4.69, 9.17) is 33.1 Å². The Morgan fingerprint density at radius 3 is 2.84 bits per heavy atom. The Hall–Kier alpha value is -3.02. The van der Waals surface area contributed by atoms with Gasteiger partial charge in [-0.3, -0.25) is 4.79 Å². The summed E-state index contributed by atoms with van der Waals surface area (Å²) in [5.74, 6) is 0.212. The van der Waals surface area contributed by atoms with Gasteiger partial charge in [-0.15, -0.1) is 11.3 Å². The van der Waals surface area contributed by atoms with Gasteiger partial charge in [0.25, 0.3) is 5.91 Å². The van der Waals surface area contributed by atoms with Crippen LogP contribution in [0.15, 0.2) is 24.3 Å². The van der Waals surface area contributed by atoms with Crippen LogP contribution in [-0.2, 0) is 0 Å². The minimum Gasteiger partial charge on any atom is -0.497 e. The fourth-order valence-corrected chi connectivity index (χ4v) is 3.36. The number of nitriles is 1. The summed E-state index contributed by atoms with van der Waals surface area (Å²) in [5, 5.41) is 12.6. The van der Waals surface area contributed by atoms with E-state index >= 15 is 0 Å². The number of nitrogens with two attached hydrogens (primary N) is 2. The summed E-state index contributed by atoms with van der Waals surface area (Å²) in [5.41, 5.74) is 12.6. The van der Waals surface area contributed by atoms with Crippen molar-refractivity contribution in [2.24, 2.45) is 0 Å². The number of methoxy groups -OCH3 is 1. The van der Waals surface area contributed by atoms with E-state index in [0.717, 1.165) is 11.3 Å². The molecule has 1 amide bonds. The SMILES string of the molecule is COc1ccc(Cl)c(NC(=O)c2sc3nc(N)c(C#N)cc3c2N)c1. The second-order valence-corrected chi connectivity index (χ2v) is 6.44. The number of hydrogen-bond acceptors (Lipinski definition) is 7. The van der Waals surface area contributed by atoms with Gasteiger partial charge >= 0.3 is 0 Å². The number of pyridine rings is 1. The molecule has 7 nitrogen and oxygen atoms in total. The Morgan fingerprint density at radius 2 is 2.16 bits per heavy atom. The summed E-state index contributed by atoms with van der Waals surface area (Å²) >= 11 is 7.19. The minimum absolute atomic E-state index is 0.0963. The Labute approximate surface area is 151 Å². The number of rotatable bonds is 3. The molecule has 0 atom stereocenters. The maximum atomic E-state index is 12.6. The molecule has 0 bridgehead atoms. The summed E-state index contributed by atoms with van der Waals surface area (Å²) in [6.07, 6.45) is 0. The molecule has 2 heterocycles. The smallest absolute Gasteiger partial charge is 0.267 e. The monoisotopic (exact) mass is 373 g/mol. The highest BCUT2D eigenvalue weighted by Gasteiger charge is 2.20. The molecular weight excluding hydrogens is 362 g/mol. The third-order valence-electron chi connectivity index (χ3n) is 3.50. The Balaban J connectivity index is 2.01. The van der Waals surface area contributed by atoms with Gasteiger partial charge in [-0.2, -0.15) is 5.26 Å². The summed E-state index contributed by atoms with van der Waals surface area (Å²) in [7, 11) is 1.52. The summed E-state index contributed by atoms with van der Waals surface area (Å²) < 4.78 is 5.12. The Bertz CT molecular complexity index is 1040. The molecule has 0 unspecified atom stereocenters. The lowest BCUT2D eigenvalue weighted by molar-refractivity contribution is 0.103. The van der Waals surface area contributed by atoms with Crippen molar-refractivity contribution in [2.75, 3.05) is 23.9 Å². The van der Waals surface area contributed by atoms with Gasteiger partial charge in [0.15, 0.2) is 0 Å². The number of carbonyl (C=O) groups excluding carboxylic acids is 1. The van der Waals surface area contributed by atoms with E-state index in [0.29, 0.717) is 26.7 Å². The van der Waals surface area contributed by atoms with Crippen LogP contribution >= 0.6 is 22.9 Å². The standard InChI is InChI=1S/C16H12ClN5O2S/c1-24-8-2-3-10(17)11(5-8)21-15(23)13-12(19)9-4-7(6-18)14(20)22-16(9)25-13/h2-5H,19H2,1H3,(H2,20,22)(H,21,23). The van der Waals surface area contributed by atoms with Crippen molar-refractivity contribution in [3.8, 4) is 11.8 Å². The number of carbonyl (C=O) groups is 1. The number of halogens is 1. The molecule has 0 saturated heterocycles. The van der Waals surface area contributed by atoms with E-state index in [9.17, 15) is 4.79 Å². The summed E-state index contributed by atoms with van der Waals surface area (Å²) in [6.45, 7) is 0. The minimum atomic E-state index is -0.437. The lowest BCUT2D eigenvalue weighted by atomic mass is 10.2. The number of amides is 1. The molecule has 3 rings (SSSR count). The van der Waals surface area contributed by atoms with Crippen molar-refractivity contribution >= 4 is 56.3 Å². The maximum Gasteiger partial charge on any atom is 0.267 e. The van der Waals surface area contributed by atoms with Gasteiger partial charge in [0, 0.05) is 11.5 Å². The summed E-state index contributed by atoms with van der Waals surface area (Å²) in [6, 6.07) is 8.37. The van der Waals surface area contributed by atoms with Crippen LogP contribution in [-0.4, -0.2) is 18.0 Å². The molecule has 0 radical (unpaired) electrons. The molecule has 9 heteroatoms. The van der Waals surface area contributed by atoms with E-state index in [1.54, 1.807) is 18.2 Å². The molecule has 2 aromatic heterocycles. The van der Waals surface area contributed by atoms with Gasteiger partial charge in [-0.05, 0) is 18.2 Å². The average molecular weight is 374 g/mol. The fraction of sp³-hybridized carbons (Fsp3) is 0.0625. The molecule has 0 saturated carbocycles. The predicted molar refractivity (Wildman–Crippen MR) is 99.1 cm³/mol. The maximum absolute atomic E-state index is 12.6. The van der Waals surface area contributed by atoms with Crippen molar-refractivity contribution in [2.45, 2.75) is 0 Å². The van der Waals surface area contributed by atoms with E-state index in [2.05, 4.69) is 10.3 Å². The zero-order valence-electron chi connectivity index (χ0n) is 13.0. The molecule has 0 spiro atoms. The van der Waals surface area contributed by atoms with Gasteiger partial charge in [0.2, 0.25) is 0 Å². The molecule has 126 valence electrons. The lowest BCUT2D eigenvalue weighted by Gasteiger charge is -2.08. The lowest BCUT2D eigenvalue weighted by Crippen LogP contribution is -2.12. The third kappa shape index (κ3) is 3.03. The Kier molecular flexibility index (Phi) is 4.35. The first-order chi connectivity index (χ1) is 11.9. The van der Waals surface area contributed by atoms with E-state index in [1.807, 2.05) is 6.07 Å². The average Bonchev–Trinajstić information content (AvgIpc) is 2.92. The largest absolute Gasteiger partial charge is 0.497 e. The molecule has 0 aliphatic carbocycles. The number of nitrogens with one attached hydrogen (secondary N) is 1. The van der Waals surface area contributed by atoms with Crippen LogP contribution < -0.4 is 21.5 Å². The number of nitrogen functional groups attached to an aromatic ring is 2. The fourth-order valence-electron chi connectivity index (χ4n) is 2.22. The zero-order chi connectivity index (χ0) is 18.1. The van der Waals surface area contributed by atoms with Gasteiger partial charge in [0.05, 0.1) is 29.1 Å². The number of ether oxygens (including phenoxy) is 1. The topological polar surface area (TPSA) is 127 Å². The molecule has 0 fully saturated rings. The van der Waals surface area contributed by atoms with Gasteiger partial charge in [-0.1, -0.05) is 11.6 Å². The van der Waals surface area contributed by atoms with Crippen LogP contribution in [0, 0.1) is 11.3 Å². The van der Waals surface area contributed by atoms with Crippen LogP contribution in [0.2, 0.25) is 5.02 Å². The van der Waals surface area contributed by atoms with Crippen LogP contribution in [0.5, 0.6) is 5.75 Å². The third-order valence-corrected chi connectivity index (χ3v) is 4.94. The van der Waals surface area contributed by atoms with Crippen LogP contribution in [0.3, 0.4) is 0 Å². The normalized spacial score (nSPS) is 10.4. The summed E-state index contributed by atoms with van der Waals surface area (Å²) in [4.78, 5) is 17.5. The zero-order valence-corrected chi connectivity index (χ0v) is 14.5. The van der Waals surface area contributed by atoms with Gasteiger partial charge in [0.1, 0.15) is 27.3 Å². The van der Waals surface area contributed by atoms with E-state index < -0.39 is 5.91 Å². The Morgan fingerprint density at radius 1 is 1.40 bits per heavy atom. The van der Waals surface area contributed by atoms with E-state index in [1.165, 1.54) is 13.2 Å². The number of hydrogen-bond donors (Lipinski definition) is 3. The highest BCUT2D eigenvalue weighted by molar-refractivity contribution is 7.21. The van der Waals surface area contributed by atoms with E-state index in [-0.39, 0.29) is 21.9 Å². The molecule has 0 aliphatic rings. The van der Waals surface area contributed by atoms with Crippen LogP contribution in [0.4, 0.5) is 17.2 Å². The van der Waals surface area contributed by atoms with Gasteiger partial charge < -0.3 is 21.5 Å². The second-order valence-electron chi connectivity index (χ2n) is 5.03. The molecular formula is C16H12ClN5O2S. The van der Waals surface area contributed by atoms with Crippen molar-refractivity contribution < 1.29 is 9.53 Å². The number of anilines is 3. The molecule has 1 aromatic carbocycles. The molecule has 0 aliphatic heterocycles. The molecule has 5 N–H and O–H groups in total. The first-order valence-electron chi connectivity index (χ1n) is 6.98. The highest BCUT2D eigenvalue weighted by Crippen LogP contribution is 2.35. The van der Waals surface area contributed by atoms with Crippen LogP contribution in [0.1, 0.15) is 15.2 Å². The van der Waals surface area contributed by atoms with Crippen LogP contribution in [0.25, 0.3) is 10.2 Å². The number of fused-ring (bicyclic) bond motifs is 1. The van der Waals surface area contributed by atoms with Crippen molar-refractivity contribution in [3.05, 3.63) is 39.7 Å². The first kappa shape index (κ1) is 16.8. The predicted octanol–water partition coefficient (Wildman–Crippen LogP) is 3.25. The van der Waals surface area contributed by atoms with Crippen molar-refractivity contribution in [1.82, 2.24) is 4.98 Å². The number of nitrogens with zero attached hydrogens (tertiary/aromatic N) is 2. The number of benzene rings is 1. The van der Waals surface area contributed by atoms with Crippen molar-refractivity contribution in [1.29, 1.82) is 5.26 Å². The molecule has 25 heavy (non-hydrogen) atoms. The van der Waals surface area contributed by atoms with Crippen molar-refractivity contribution in [3.63, 3.8) is 0 Å². The quantitative estimate of drug-likeness (QED) is 0.646. The second kappa shape index (κ2) is 6.47. The highest BCUT2D eigenvalue weighted by atomic mass is 35.5. The number of thiophene rings is 1.